The van der Waals surface area contributed by atoms with Gasteiger partial charge >= 0.3 is 0 Å². The first-order valence-electron chi connectivity index (χ1n) is 5.45. The SMILES string of the molecule is Cc1ccncc1C(=O)Cc1cc(F)cc(F)c1. The maximum Gasteiger partial charge on any atom is 0.169 e. The van der Waals surface area contributed by atoms with E-state index in [4.69, 9.17) is 0 Å². The summed E-state index contributed by atoms with van der Waals surface area (Å²) in [6, 6.07) is 4.82. The third kappa shape index (κ3) is 2.77. The molecule has 0 aliphatic carbocycles. The molecule has 0 spiro atoms. The van der Waals surface area contributed by atoms with E-state index < -0.39 is 11.6 Å². The van der Waals surface area contributed by atoms with Gasteiger partial charge in [-0.15, -0.1) is 0 Å². The quantitative estimate of drug-likeness (QED) is 0.780. The maximum absolute atomic E-state index is 13.0. The smallest absolute Gasteiger partial charge is 0.169 e. The van der Waals surface area contributed by atoms with Crippen molar-refractivity contribution in [2.45, 2.75) is 13.3 Å². The predicted octanol–water partition coefficient (Wildman–Crippen LogP) is 3.09. The summed E-state index contributed by atoms with van der Waals surface area (Å²) in [5, 5.41) is 0. The van der Waals surface area contributed by atoms with E-state index in [0.717, 1.165) is 23.8 Å². The summed E-state index contributed by atoms with van der Waals surface area (Å²) in [4.78, 5) is 15.8. The largest absolute Gasteiger partial charge is 0.294 e. The van der Waals surface area contributed by atoms with Crippen LogP contribution in [-0.4, -0.2) is 10.8 Å². The number of Topliss-reactive ketones (excluding diaryl/α,β-unsaturated/α-hetero) is 1. The number of aromatic nitrogens is 1. The molecule has 0 N–H and O–H groups in total. The second-order valence-corrected chi connectivity index (χ2v) is 4.07. The fourth-order valence-electron chi connectivity index (χ4n) is 1.75. The highest BCUT2D eigenvalue weighted by atomic mass is 19.1. The van der Waals surface area contributed by atoms with E-state index in [-0.39, 0.29) is 12.2 Å². The summed E-state index contributed by atoms with van der Waals surface area (Å²) in [5.41, 5.74) is 1.59. The summed E-state index contributed by atoms with van der Waals surface area (Å²) in [5.74, 6) is -1.56. The minimum atomic E-state index is -0.680. The number of pyridine rings is 1. The van der Waals surface area contributed by atoms with E-state index in [1.807, 2.05) is 0 Å². The van der Waals surface area contributed by atoms with Crippen LogP contribution in [0.25, 0.3) is 0 Å². The third-order valence-electron chi connectivity index (χ3n) is 2.63. The van der Waals surface area contributed by atoms with Crippen LogP contribution in [0.2, 0.25) is 0 Å². The highest BCUT2D eigenvalue weighted by Crippen LogP contribution is 2.13. The van der Waals surface area contributed by atoms with Crippen molar-refractivity contribution in [3.8, 4) is 0 Å². The van der Waals surface area contributed by atoms with Crippen LogP contribution < -0.4 is 0 Å². The van der Waals surface area contributed by atoms with Crippen LogP contribution in [0.3, 0.4) is 0 Å². The van der Waals surface area contributed by atoms with E-state index in [1.54, 1.807) is 19.2 Å². The molecular formula is C14H11F2NO. The molecule has 0 amide bonds. The average Bonchev–Trinajstić information content (AvgIpc) is 2.27. The molecule has 0 aliphatic rings. The Morgan fingerprint density at radius 1 is 1.22 bits per heavy atom. The number of rotatable bonds is 3. The Morgan fingerprint density at radius 2 is 1.89 bits per heavy atom. The molecule has 0 saturated heterocycles. The molecule has 0 fully saturated rings. The number of nitrogens with zero attached hydrogens (tertiary/aromatic N) is 1. The number of carbonyl (C=O) groups excluding carboxylic acids is 1. The van der Waals surface area contributed by atoms with Gasteiger partial charge in [0.2, 0.25) is 0 Å². The highest BCUT2D eigenvalue weighted by Gasteiger charge is 2.11. The summed E-state index contributed by atoms with van der Waals surface area (Å²) >= 11 is 0. The molecule has 0 atom stereocenters. The van der Waals surface area contributed by atoms with E-state index in [2.05, 4.69) is 4.98 Å². The van der Waals surface area contributed by atoms with Crippen LogP contribution in [0.1, 0.15) is 21.5 Å². The summed E-state index contributed by atoms with van der Waals surface area (Å²) < 4.78 is 26.0. The molecule has 0 aliphatic heterocycles. The van der Waals surface area contributed by atoms with Gasteiger partial charge in [-0.3, -0.25) is 9.78 Å². The topological polar surface area (TPSA) is 30.0 Å². The first-order valence-corrected chi connectivity index (χ1v) is 5.45. The number of hydrogen-bond acceptors (Lipinski definition) is 2. The standard InChI is InChI=1S/C14H11F2NO/c1-9-2-3-17-8-13(9)14(18)6-10-4-11(15)7-12(16)5-10/h2-5,7-8H,6H2,1H3. The van der Waals surface area contributed by atoms with Gasteiger partial charge in [-0.1, -0.05) is 0 Å². The first-order chi connectivity index (χ1) is 8.56. The van der Waals surface area contributed by atoms with Crippen molar-refractivity contribution in [1.82, 2.24) is 4.98 Å². The second kappa shape index (κ2) is 5.04. The lowest BCUT2D eigenvalue weighted by atomic mass is 10.0. The Kier molecular flexibility index (Phi) is 3.46. The number of aryl methyl sites for hydroxylation is 1. The molecule has 2 aromatic rings. The zero-order chi connectivity index (χ0) is 13.1. The third-order valence-corrected chi connectivity index (χ3v) is 2.63. The van der Waals surface area contributed by atoms with Crippen molar-refractivity contribution >= 4 is 5.78 Å². The van der Waals surface area contributed by atoms with Gasteiger partial charge < -0.3 is 0 Å². The van der Waals surface area contributed by atoms with Gasteiger partial charge in [-0.05, 0) is 36.2 Å². The number of ketones is 1. The zero-order valence-corrected chi connectivity index (χ0v) is 9.78. The molecule has 1 aromatic carbocycles. The molecule has 0 radical (unpaired) electrons. The molecule has 0 saturated carbocycles. The van der Waals surface area contributed by atoms with Crippen molar-refractivity contribution in [2.75, 3.05) is 0 Å². The normalized spacial score (nSPS) is 10.4. The molecule has 1 aromatic heterocycles. The average molecular weight is 247 g/mol. The van der Waals surface area contributed by atoms with Crippen molar-refractivity contribution in [1.29, 1.82) is 0 Å². The van der Waals surface area contributed by atoms with Crippen LogP contribution in [-0.2, 0) is 6.42 Å². The Bertz CT molecular complexity index is 576. The monoisotopic (exact) mass is 247 g/mol. The van der Waals surface area contributed by atoms with Gasteiger partial charge in [0, 0.05) is 30.4 Å². The maximum atomic E-state index is 13.0. The van der Waals surface area contributed by atoms with Gasteiger partial charge in [-0.2, -0.15) is 0 Å². The summed E-state index contributed by atoms with van der Waals surface area (Å²) in [7, 11) is 0. The molecule has 4 heteroatoms. The highest BCUT2D eigenvalue weighted by molar-refractivity contribution is 5.98. The van der Waals surface area contributed by atoms with Gasteiger partial charge in [-0.25, -0.2) is 8.78 Å². The van der Waals surface area contributed by atoms with E-state index >= 15 is 0 Å². The van der Waals surface area contributed by atoms with Gasteiger partial charge in [0.1, 0.15) is 11.6 Å². The fraction of sp³-hybridized carbons (Fsp3) is 0.143. The van der Waals surface area contributed by atoms with Crippen LogP contribution >= 0.6 is 0 Å². The predicted molar refractivity (Wildman–Crippen MR) is 63.4 cm³/mol. The zero-order valence-electron chi connectivity index (χ0n) is 9.78. The van der Waals surface area contributed by atoms with Crippen molar-refractivity contribution < 1.29 is 13.6 Å². The Morgan fingerprint density at radius 3 is 2.50 bits per heavy atom. The summed E-state index contributed by atoms with van der Waals surface area (Å²) in [6.45, 7) is 1.79. The molecule has 2 nitrogen and oxygen atoms in total. The van der Waals surface area contributed by atoms with Crippen molar-refractivity contribution in [2.24, 2.45) is 0 Å². The molecular weight excluding hydrogens is 236 g/mol. The van der Waals surface area contributed by atoms with Gasteiger partial charge in [0.25, 0.3) is 0 Å². The molecule has 18 heavy (non-hydrogen) atoms. The Hall–Kier alpha value is -2.10. The van der Waals surface area contributed by atoms with Crippen LogP contribution in [0.15, 0.2) is 36.7 Å². The molecule has 0 bridgehead atoms. The lowest BCUT2D eigenvalue weighted by Gasteiger charge is -2.04. The van der Waals surface area contributed by atoms with Gasteiger partial charge in [0.15, 0.2) is 5.78 Å². The second-order valence-electron chi connectivity index (χ2n) is 4.07. The summed E-state index contributed by atoms with van der Waals surface area (Å²) in [6.07, 6.45) is 3.02. The van der Waals surface area contributed by atoms with Crippen LogP contribution in [0, 0.1) is 18.6 Å². The molecule has 0 unspecified atom stereocenters. The first kappa shape index (κ1) is 12.4. The van der Waals surface area contributed by atoms with E-state index in [1.165, 1.54) is 6.20 Å². The number of halogens is 2. The van der Waals surface area contributed by atoms with E-state index in [9.17, 15) is 13.6 Å². The minimum Gasteiger partial charge on any atom is -0.294 e. The van der Waals surface area contributed by atoms with E-state index in [0.29, 0.717) is 11.1 Å². The Labute approximate surface area is 103 Å². The number of hydrogen-bond donors (Lipinski definition) is 0. The molecule has 1 heterocycles. The minimum absolute atomic E-state index is 0.0405. The fourth-order valence-corrected chi connectivity index (χ4v) is 1.75. The van der Waals surface area contributed by atoms with Crippen LogP contribution in [0.4, 0.5) is 8.78 Å². The Balaban J connectivity index is 2.24. The number of benzene rings is 1. The molecule has 92 valence electrons. The number of carbonyl (C=O) groups is 1. The lowest BCUT2D eigenvalue weighted by molar-refractivity contribution is 0.0992. The lowest BCUT2D eigenvalue weighted by Crippen LogP contribution is -2.06. The van der Waals surface area contributed by atoms with Crippen molar-refractivity contribution in [3.63, 3.8) is 0 Å². The van der Waals surface area contributed by atoms with Crippen LogP contribution in [0.5, 0.6) is 0 Å². The molecule has 2 rings (SSSR count). The van der Waals surface area contributed by atoms with Crippen molar-refractivity contribution in [3.05, 3.63) is 65.0 Å². The van der Waals surface area contributed by atoms with Gasteiger partial charge in [0.05, 0.1) is 0 Å².